The van der Waals surface area contributed by atoms with Crippen LogP contribution in [0.3, 0.4) is 0 Å². The van der Waals surface area contributed by atoms with Crippen LogP contribution >= 0.6 is 22.9 Å². The molecule has 4 rings (SSSR count). The van der Waals surface area contributed by atoms with Gasteiger partial charge in [-0.2, -0.15) is 0 Å². The third kappa shape index (κ3) is 2.96. The first kappa shape index (κ1) is 14.7. The molecule has 0 saturated heterocycles. The summed E-state index contributed by atoms with van der Waals surface area (Å²) >= 11 is 7.41. The summed E-state index contributed by atoms with van der Waals surface area (Å²) in [6.45, 7) is 0. The zero-order valence-electron chi connectivity index (χ0n) is 12.5. The number of aromatic nitrogens is 2. The zero-order chi connectivity index (χ0) is 16.0. The zero-order valence-corrected chi connectivity index (χ0v) is 14.0. The van der Waals surface area contributed by atoms with Crippen LogP contribution in [0.4, 0.5) is 5.13 Å². The van der Waals surface area contributed by atoms with E-state index in [2.05, 4.69) is 9.97 Å². The molecule has 1 saturated carbocycles. The number of halogens is 1. The van der Waals surface area contributed by atoms with Crippen LogP contribution in [0.1, 0.15) is 29.2 Å². The first-order chi connectivity index (χ1) is 11.1. The highest BCUT2D eigenvalue weighted by Gasteiger charge is 2.26. The molecular weight excluding hydrogens is 334 g/mol. The molecule has 1 fully saturated rings. The summed E-state index contributed by atoms with van der Waals surface area (Å²) < 4.78 is 6.35. The minimum absolute atomic E-state index is 0.221. The molecule has 2 aromatic heterocycles. The Morgan fingerprint density at radius 3 is 3.04 bits per heavy atom. The maximum Gasteiger partial charge on any atom is 0.281 e. The highest BCUT2D eigenvalue weighted by Crippen LogP contribution is 2.33. The van der Waals surface area contributed by atoms with Crippen molar-refractivity contribution in [2.75, 3.05) is 11.9 Å². The van der Waals surface area contributed by atoms with E-state index < -0.39 is 0 Å². The lowest BCUT2D eigenvalue weighted by molar-refractivity contribution is 0.0988. The van der Waals surface area contributed by atoms with Crippen molar-refractivity contribution in [2.24, 2.45) is 5.92 Å². The molecule has 7 heteroatoms. The van der Waals surface area contributed by atoms with E-state index in [1.54, 1.807) is 13.1 Å². The van der Waals surface area contributed by atoms with Gasteiger partial charge in [0, 0.05) is 18.5 Å². The van der Waals surface area contributed by atoms with Gasteiger partial charge in [-0.25, -0.2) is 9.97 Å². The van der Waals surface area contributed by atoms with E-state index in [0.717, 1.165) is 16.6 Å². The molecule has 1 aliphatic carbocycles. The van der Waals surface area contributed by atoms with Gasteiger partial charge in [0.2, 0.25) is 0 Å². The Morgan fingerprint density at radius 1 is 1.43 bits per heavy atom. The van der Waals surface area contributed by atoms with Gasteiger partial charge >= 0.3 is 0 Å². The minimum atomic E-state index is -0.221. The number of hydrogen-bond acceptors (Lipinski definition) is 5. The standard InChI is InChI=1S/C16H14ClN3O2S/c1-20(16-19-11-5-4-10(17)7-13(11)23-16)15(21)12-8-22-14(18-12)6-9-2-3-9/h4-5,7-9H,2-3,6H2,1H3. The molecule has 0 atom stereocenters. The van der Waals surface area contributed by atoms with Gasteiger partial charge in [0.15, 0.2) is 16.7 Å². The number of thiazole rings is 1. The summed E-state index contributed by atoms with van der Waals surface area (Å²) in [4.78, 5) is 22.8. The van der Waals surface area contributed by atoms with Gasteiger partial charge in [0.25, 0.3) is 5.91 Å². The summed E-state index contributed by atoms with van der Waals surface area (Å²) in [5, 5.41) is 1.27. The van der Waals surface area contributed by atoms with Crippen LogP contribution in [0.5, 0.6) is 0 Å². The van der Waals surface area contributed by atoms with Crippen molar-refractivity contribution in [2.45, 2.75) is 19.3 Å². The van der Waals surface area contributed by atoms with E-state index in [9.17, 15) is 4.79 Å². The average molecular weight is 348 g/mol. The fourth-order valence-corrected chi connectivity index (χ4v) is 3.56. The molecule has 0 unspecified atom stereocenters. The lowest BCUT2D eigenvalue weighted by Gasteiger charge is -2.10. The second-order valence-corrected chi connectivity index (χ2v) is 7.19. The SMILES string of the molecule is CN(C(=O)c1coc(CC2CC2)n1)c1nc2ccc(Cl)cc2s1. The van der Waals surface area contributed by atoms with Crippen molar-refractivity contribution >= 4 is 44.2 Å². The van der Waals surface area contributed by atoms with Gasteiger partial charge in [-0.05, 0) is 37.0 Å². The normalized spacial score (nSPS) is 14.3. The predicted octanol–water partition coefficient (Wildman–Crippen LogP) is 4.17. The van der Waals surface area contributed by atoms with Crippen LogP contribution in [-0.4, -0.2) is 22.9 Å². The van der Waals surface area contributed by atoms with E-state index in [1.165, 1.54) is 35.3 Å². The van der Waals surface area contributed by atoms with Crippen molar-refractivity contribution in [3.05, 3.63) is 41.1 Å². The number of carbonyl (C=O) groups excluding carboxylic acids is 1. The van der Waals surface area contributed by atoms with Gasteiger partial charge in [-0.15, -0.1) is 0 Å². The van der Waals surface area contributed by atoms with Crippen LogP contribution in [-0.2, 0) is 6.42 Å². The maximum absolute atomic E-state index is 12.5. The van der Waals surface area contributed by atoms with E-state index in [1.807, 2.05) is 12.1 Å². The minimum Gasteiger partial charge on any atom is -0.448 e. The van der Waals surface area contributed by atoms with Crippen LogP contribution in [0.25, 0.3) is 10.2 Å². The van der Waals surface area contributed by atoms with Crippen LogP contribution < -0.4 is 4.90 Å². The molecule has 1 aliphatic rings. The summed E-state index contributed by atoms with van der Waals surface area (Å²) in [6, 6.07) is 5.48. The van der Waals surface area contributed by atoms with Crippen molar-refractivity contribution < 1.29 is 9.21 Å². The molecule has 0 radical (unpaired) electrons. The fraction of sp³-hybridized carbons (Fsp3) is 0.312. The molecule has 5 nitrogen and oxygen atoms in total. The third-order valence-corrected chi connectivity index (χ3v) is 5.19. The summed E-state index contributed by atoms with van der Waals surface area (Å²) in [5.41, 5.74) is 1.14. The number of amides is 1. The van der Waals surface area contributed by atoms with Gasteiger partial charge in [0.05, 0.1) is 10.2 Å². The maximum atomic E-state index is 12.5. The second-order valence-electron chi connectivity index (χ2n) is 5.75. The van der Waals surface area contributed by atoms with Gasteiger partial charge in [-0.3, -0.25) is 9.69 Å². The Morgan fingerprint density at radius 2 is 2.26 bits per heavy atom. The lowest BCUT2D eigenvalue weighted by Crippen LogP contribution is -2.26. The highest BCUT2D eigenvalue weighted by atomic mass is 35.5. The first-order valence-electron chi connectivity index (χ1n) is 7.39. The van der Waals surface area contributed by atoms with Crippen LogP contribution in [0.15, 0.2) is 28.9 Å². The monoisotopic (exact) mass is 347 g/mol. The molecule has 2 heterocycles. The molecule has 23 heavy (non-hydrogen) atoms. The molecule has 1 amide bonds. The van der Waals surface area contributed by atoms with Crippen molar-refractivity contribution in [3.8, 4) is 0 Å². The molecule has 1 aromatic carbocycles. The summed E-state index contributed by atoms with van der Waals surface area (Å²) in [5.74, 6) is 1.09. The summed E-state index contributed by atoms with van der Waals surface area (Å²) in [7, 11) is 1.69. The molecule has 3 aromatic rings. The fourth-order valence-electron chi connectivity index (χ4n) is 2.36. The van der Waals surface area contributed by atoms with Gasteiger partial charge in [-0.1, -0.05) is 22.9 Å². The number of rotatable bonds is 4. The Kier molecular flexibility index (Phi) is 3.58. The first-order valence-corrected chi connectivity index (χ1v) is 8.58. The van der Waals surface area contributed by atoms with E-state index in [0.29, 0.717) is 27.7 Å². The number of oxazole rings is 1. The third-order valence-electron chi connectivity index (χ3n) is 3.86. The van der Waals surface area contributed by atoms with E-state index in [4.69, 9.17) is 16.0 Å². The molecule has 118 valence electrons. The number of fused-ring (bicyclic) bond motifs is 1. The Bertz CT molecular complexity index is 884. The van der Waals surface area contributed by atoms with Crippen LogP contribution in [0.2, 0.25) is 5.02 Å². The number of nitrogens with zero attached hydrogens (tertiary/aromatic N) is 3. The van der Waals surface area contributed by atoms with E-state index >= 15 is 0 Å². The van der Waals surface area contributed by atoms with Crippen molar-refractivity contribution in [1.29, 1.82) is 0 Å². The second kappa shape index (κ2) is 5.62. The Balaban J connectivity index is 1.57. The molecule has 0 N–H and O–H groups in total. The highest BCUT2D eigenvalue weighted by molar-refractivity contribution is 7.22. The smallest absolute Gasteiger partial charge is 0.281 e. The van der Waals surface area contributed by atoms with Crippen molar-refractivity contribution in [1.82, 2.24) is 9.97 Å². The predicted molar refractivity (Wildman–Crippen MR) is 90.3 cm³/mol. The Labute approximate surface area is 141 Å². The lowest BCUT2D eigenvalue weighted by atomic mass is 10.3. The Hall–Kier alpha value is -1.92. The molecule has 0 aliphatic heterocycles. The van der Waals surface area contributed by atoms with Crippen molar-refractivity contribution in [3.63, 3.8) is 0 Å². The topological polar surface area (TPSA) is 59.2 Å². The summed E-state index contributed by atoms with van der Waals surface area (Å²) in [6.07, 6.45) is 4.69. The number of hydrogen-bond donors (Lipinski definition) is 0. The van der Waals surface area contributed by atoms with Gasteiger partial charge < -0.3 is 4.42 Å². The quantitative estimate of drug-likeness (QED) is 0.710. The average Bonchev–Trinajstić information content (AvgIpc) is 3.07. The number of carbonyl (C=O) groups is 1. The largest absolute Gasteiger partial charge is 0.448 e. The molecular formula is C16H14ClN3O2S. The van der Waals surface area contributed by atoms with E-state index in [-0.39, 0.29) is 5.91 Å². The van der Waals surface area contributed by atoms with Gasteiger partial charge in [0.1, 0.15) is 6.26 Å². The number of benzene rings is 1. The molecule has 0 bridgehead atoms. The molecule has 0 spiro atoms. The van der Waals surface area contributed by atoms with Crippen LogP contribution in [0, 0.1) is 5.92 Å². The number of anilines is 1.